The Kier molecular flexibility index (Phi) is 8.16. The van der Waals surface area contributed by atoms with Gasteiger partial charge in [-0.15, -0.1) is 0 Å². The third-order valence-corrected chi connectivity index (χ3v) is 6.01. The summed E-state index contributed by atoms with van der Waals surface area (Å²) in [6, 6.07) is 23.7. The van der Waals surface area contributed by atoms with E-state index >= 15 is 0 Å². The molecule has 2 amide bonds. The van der Waals surface area contributed by atoms with Crippen LogP contribution >= 0.6 is 0 Å². The Labute approximate surface area is 207 Å². The molecule has 3 aromatic rings. The summed E-state index contributed by atoms with van der Waals surface area (Å²) >= 11 is 0. The predicted molar refractivity (Wildman–Crippen MR) is 140 cm³/mol. The molecule has 6 heteroatoms. The second kappa shape index (κ2) is 11.7. The number of carbonyl (C=O) groups excluding carboxylic acids is 2. The number of carbonyl (C=O) groups is 2. The summed E-state index contributed by atoms with van der Waals surface area (Å²) in [4.78, 5) is 27.9. The van der Waals surface area contributed by atoms with Gasteiger partial charge in [-0.2, -0.15) is 0 Å². The minimum Gasteiger partial charge on any atom is -0.367 e. The first-order valence-corrected chi connectivity index (χ1v) is 12.1. The zero-order valence-electron chi connectivity index (χ0n) is 20.4. The van der Waals surface area contributed by atoms with E-state index in [-0.39, 0.29) is 18.4 Å². The summed E-state index contributed by atoms with van der Waals surface area (Å²) in [6.45, 7) is 6.61. The highest BCUT2D eigenvalue weighted by molar-refractivity contribution is 6.02. The number of hydrogen-bond donors (Lipinski definition) is 2. The number of benzene rings is 3. The molecular weight excluding hydrogens is 438 g/mol. The lowest BCUT2D eigenvalue weighted by atomic mass is 9.98. The molecule has 1 aliphatic heterocycles. The number of nitrogens with one attached hydrogen (secondary N) is 2. The van der Waals surface area contributed by atoms with Crippen LogP contribution in [-0.4, -0.2) is 31.5 Å². The van der Waals surface area contributed by atoms with Crippen LogP contribution in [0.2, 0.25) is 0 Å². The van der Waals surface area contributed by atoms with Crippen molar-refractivity contribution in [2.75, 3.05) is 29.9 Å². The SMILES string of the molecule is CC(C)CNC(=O)c1cc(NC(=O)COCc2ccccc2)ccc1N1CCc2ccccc2C1. The normalized spacial score (nSPS) is 12.8. The summed E-state index contributed by atoms with van der Waals surface area (Å²) in [5.41, 5.74) is 5.66. The van der Waals surface area contributed by atoms with E-state index in [0.29, 0.717) is 30.3 Å². The minimum absolute atomic E-state index is 0.0611. The zero-order chi connectivity index (χ0) is 24.6. The van der Waals surface area contributed by atoms with Gasteiger partial charge in [0.2, 0.25) is 5.91 Å². The Morgan fingerprint density at radius 3 is 2.49 bits per heavy atom. The van der Waals surface area contributed by atoms with Crippen molar-refractivity contribution in [3.05, 3.63) is 95.1 Å². The van der Waals surface area contributed by atoms with Crippen molar-refractivity contribution in [3.8, 4) is 0 Å². The van der Waals surface area contributed by atoms with Gasteiger partial charge in [0.25, 0.3) is 5.91 Å². The van der Waals surface area contributed by atoms with Crippen LogP contribution in [0.25, 0.3) is 0 Å². The molecule has 0 atom stereocenters. The predicted octanol–water partition coefficient (Wildman–Crippen LogP) is 4.79. The van der Waals surface area contributed by atoms with Crippen LogP contribution in [0, 0.1) is 5.92 Å². The lowest BCUT2D eigenvalue weighted by Crippen LogP contribution is -2.34. The van der Waals surface area contributed by atoms with Crippen molar-refractivity contribution in [3.63, 3.8) is 0 Å². The molecule has 0 aromatic heterocycles. The lowest BCUT2D eigenvalue weighted by Gasteiger charge is -2.32. The molecule has 0 bridgehead atoms. The first-order valence-electron chi connectivity index (χ1n) is 12.1. The minimum atomic E-state index is -0.255. The molecule has 182 valence electrons. The van der Waals surface area contributed by atoms with Crippen LogP contribution in [0.3, 0.4) is 0 Å². The van der Waals surface area contributed by atoms with E-state index in [0.717, 1.165) is 30.8 Å². The van der Waals surface area contributed by atoms with Crippen LogP contribution < -0.4 is 15.5 Å². The summed E-state index contributed by atoms with van der Waals surface area (Å²) in [6.07, 6.45) is 0.931. The Bertz CT molecular complexity index is 1160. The molecule has 3 aromatic carbocycles. The van der Waals surface area contributed by atoms with E-state index in [1.165, 1.54) is 11.1 Å². The molecule has 0 fully saturated rings. The smallest absolute Gasteiger partial charge is 0.253 e. The highest BCUT2D eigenvalue weighted by Crippen LogP contribution is 2.29. The molecule has 1 aliphatic rings. The summed E-state index contributed by atoms with van der Waals surface area (Å²) in [5, 5.41) is 5.90. The van der Waals surface area contributed by atoms with E-state index < -0.39 is 0 Å². The Morgan fingerprint density at radius 2 is 1.71 bits per heavy atom. The lowest BCUT2D eigenvalue weighted by molar-refractivity contribution is -0.121. The van der Waals surface area contributed by atoms with Gasteiger partial charge >= 0.3 is 0 Å². The number of anilines is 2. The van der Waals surface area contributed by atoms with Gasteiger partial charge in [-0.1, -0.05) is 68.4 Å². The Hall–Kier alpha value is -3.64. The first-order chi connectivity index (χ1) is 17.0. The maximum atomic E-state index is 13.1. The molecule has 4 rings (SSSR count). The molecular formula is C29H33N3O3. The van der Waals surface area contributed by atoms with Crippen molar-refractivity contribution < 1.29 is 14.3 Å². The van der Waals surface area contributed by atoms with Crippen LogP contribution in [0.15, 0.2) is 72.8 Å². The molecule has 0 aliphatic carbocycles. The van der Waals surface area contributed by atoms with Gasteiger partial charge in [0.1, 0.15) is 6.61 Å². The van der Waals surface area contributed by atoms with Crippen molar-refractivity contribution in [1.82, 2.24) is 5.32 Å². The second-order valence-corrected chi connectivity index (χ2v) is 9.30. The van der Waals surface area contributed by atoms with E-state index in [2.05, 4.69) is 53.6 Å². The topological polar surface area (TPSA) is 70.7 Å². The number of rotatable bonds is 9. The number of hydrogen-bond acceptors (Lipinski definition) is 4. The van der Waals surface area contributed by atoms with Gasteiger partial charge in [-0.05, 0) is 47.2 Å². The largest absolute Gasteiger partial charge is 0.367 e. The number of amides is 2. The monoisotopic (exact) mass is 471 g/mol. The quantitative estimate of drug-likeness (QED) is 0.471. The van der Waals surface area contributed by atoms with Gasteiger partial charge in [0, 0.05) is 31.0 Å². The maximum Gasteiger partial charge on any atom is 0.253 e. The van der Waals surface area contributed by atoms with Gasteiger partial charge < -0.3 is 20.3 Å². The Balaban J connectivity index is 1.47. The Morgan fingerprint density at radius 1 is 0.971 bits per heavy atom. The highest BCUT2D eigenvalue weighted by Gasteiger charge is 2.22. The fourth-order valence-corrected chi connectivity index (χ4v) is 4.20. The van der Waals surface area contributed by atoms with E-state index in [9.17, 15) is 9.59 Å². The van der Waals surface area contributed by atoms with Crippen molar-refractivity contribution in [2.45, 2.75) is 33.4 Å². The second-order valence-electron chi connectivity index (χ2n) is 9.30. The first kappa shape index (κ1) is 24.5. The average molecular weight is 472 g/mol. The third kappa shape index (κ3) is 6.70. The van der Waals surface area contributed by atoms with Gasteiger partial charge in [0.15, 0.2) is 0 Å². The summed E-state index contributed by atoms with van der Waals surface area (Å²) in [7, 11) is 0. The van der Waals surface area contributed by atoms with E-state index in [4.69, 9.17) is 4.74 Å². The molecule has 0 saturated carbocycles. The molecule has 0 spiro atoms. The standard InChI is InChI=1S/C29H33N3O3/c1-21(2)17-30-29(34)26-16-25(31-28(33)20-35-19-22-8-4-3-5-9-22)12-13-27(26)32-15-14-23-10-6-7-11-24(23)18-32/h3-13,16,21H,14-15,17-20H2,1-2H3,(H,30,34)(H,31,33). The molecule has 6 nitrogen and oxygen atoms in total. The van der Waals surface area contributed by atoms with Crippen molar-refractivity contribution in [1.29, 1.82) is 0 Å². The van der Waals surface area contributed by atoms with Crippen LogP contribution in [0.5, 0.6) is 0 Å². The van der Waals surface area contributed by atoms with E-state index in [1.807, 2.05) is 42.5 Å². The fraction of sp³-hybridized carbons (Fsp3) is 0.310. The third-order valence-electron chi connectivity index (χ3n) is 6.01. The maximum absolute atomic E-state index is 13.1. The molecule has 35 heavy (non-hydrogen) atoms. The molecule has 0 unspecified atom stereocenters. The van der Waals surface area contributed by atoms with Crippen LogP contribution in [-0.2, 0) is 29.1 Å². The van der Waals surface area contributed by atoms with Gasteiger partial charge in [0.05, 0.1) is 12.2 Å². The number of fused-ring (bicyclic) bond motifs is 1. The number of nitrogens with zero attached hydrogens (tertiary/aromatic N) is 1. The van der Waals surface area contributed by atoms with Crippen molar-refractivity contribution >= 4 is 23.2 Å². The van der Waals surface area contributed by atoms with Gasteiger partial charge in [-0.25, -0.2) is 0 Å². The molecule has 1 heterocycles. The average Bonchev–Trinajstić information content (AvgIpc) is 2.87. The van der Waals surface area contributed by atoms with E-state index in [1.54, 1.807) is 6.07 Å². The van der Waals surface area contributed by atoms with Crippen LogP contribution in [0.4, 0.5) is 11.4 Å². The van der Waals surface area contributed by atoms with Crippen molar-refractivity contribution in [2.24, 2.45) is 5.92 Å². The summed E-state index contributed by atoms with van der Waals surface area (Å²) in [5.74, 6) is -0.0491. The fourth-order valence-electron chi connectivity index (χ4n) is 4.20. The van der Waals surface area contributed by atoms with Gasteiger partial charge in [-0.3, -0.25) is 9.59 Å². The van der Waals surface area contributed by atoms with Crippen LogP contribution in [0.1, 0.15) is 40.9 Å². The molecule has 0 radical (unpaired) electrons. The summed E-state index contributed by atoms with van der Waals surface area (Å²) < 4.78 is 5.55. The molecule has 2 N–H and O–H groups in total. The number of ether oxygens (including phenoxy) is 1. The zero-order valence-corrected chi connectivity index (χ0v) is 20.4. The highest BCUT2D eigenvalue weighted by atomic mass is 16.5. The molecule has 0 saturated heterocycles.